The monoisotopic (exact) mass is 1370 g/mol. The number of hydrogen-bond acceptors (Lipinski definition) is 24. The second-order valence-electron chi connectivity index (χ2n) is 30.6. The van der Waals surface area contributed by atoms with E-state index in [1.54, 1.807) is 0 Å². The van der Waals surface area contributed by atoms with E-state index in [1.165, 1.54) is 0 Å². The van der Waals surface area contributed by atoms with E-state index in [9.17, 15) is 52.8 Å². The molecule has 4 saturated heterocycles. The maximum atomic E-state index is 12.1. The van der Waals surface area contributed by atoms with Crippen LogP contribution in [0.2, 0.25) is 0 Å². The third kappa shape index (κ3) is 13.9. The molecule has 91 heavy (non-hydrogen) atoms. The van der Waals surface area contributed by atoms with E-state index < -0.39 is 67.7 Å². The Labute approximate surface area is 540 Å². The first-order valence-corrected chi connectivity index (χ1v) is 38.9. The normalized spacial score (nSPS) is 40.0. The Balaban J connectivity index is 0.000000144. The lowest BCUT2D eigenvalue weighted by Crippen LogP contribution is -2.46. The SMILES string of the molecule is CCC(C)(C)C(=O)OCCOC1C2CC3C(C2)S(=O)(=O)OC31C.CCC(C)(C)C(=O)OCCOC1C2CC3C1OS(=O)(=O)C3C2.CCC(C)(C)C(=O)OCCOC1C2CC3C1OS(=O)(=O)C3C2C.CCC(C)(C)C(=O)OCCOC1C2OS(=O)(=O)C3CC1(C)CC23. The summed E-state index contributed by atoms with van der Waals surface area (Å²) in [5, 5.41) is -1.41. The zero-order valence-electron chi connectivity index (χ0n) is 55.8. The Morgan fingerprint density at radius 1 is 0.429 bits per heavy atom. The Hall–Kier alpha value is -2.64. The summed E-state index contributed by atoms with van der Waals surface area (Å²) < 4.78 is 162. The topological polar surface area (TPSA) is 316 Å². The van der Waals surface area contributed by atoms with Crippen LogP contribution in [0.1, 0.15) is 174 Å². The van der Waals surface area contributed by atoms with Gasteiger partial charge in [0.05, 0.1) is 93.5 Å². The van der Waals surface area contributed by atoms with Crippen LogP contribution in [0.15, 0.2) is 0 Å². The van der Waals surface area contributed by atoms with Crippen LogP contribution in [0.25, 0.3) is 0 Å². The second-order valence-corrected chi connectivity index (χ2v) is 37.7. The lowest BCUT2D eigenvalue weighted by Gasteiger charge is -2.34. The molecule has 0 radical (unpaired) electrons. The predicted octanol–water partition coefficient (Wildman–Crippen LogP) is 6.98. The number of carbonyl (C=O) groups excluding carboxylic acids is 4. The minimum absolute atomic E-state index is 0.0316. The van der Waals surface area contributed by atoms with Crippen LogP contribution < -0.4 is 0 Å². The largest absolute Gasteiger partial charge is 0.463 e. The molecule has 0 spiro atoms. The molecule has 4 aliphatic heterocycles. The van der Waals surface area contributed by atoms with Crippen molar-refractivity contribution in [3.05, 3.63) is 0 Å². The molecular formula is C63H102O24S4. The third-order valence-electron chi connectivity index (χ3n) is 23.4. The number of carbonyl (C=O) groups is 4. The fourth-order valence-corrected chi connectivity index (χ4v) is 24.5. The van der Waals surface area contributed by atoms with E-state index in [0.29, 0.717) is 44.9 Å². The summed E-state index contributed by atoms with van der Waals surface area (Å²) in [5.41, 5.74) is -2.86. The molecule has 0 aromatic rings. The zero-order valence-corrected chi connectivity index (χ0v) is 59.1. The van der Waals surface area contributed by atoms with E-state index in [0.717, 1.165) is 25.7 Å². The fraction of sp³-hybridized carbons (Fsp3) is 0.937. The summed E-state index contributed by atoms with van der Waals surface area (Å²) in [5.74, 6) is 0.0512. The van der Waals surface area contributed by atoms with Crippen molar-refractivity contribution in [3.8, 4) is 0 Å². The van der Waals surface area contributed by atoms with Crippen LogP contribution in [-0.4, -0.2) is 180 Å². The molecule has 0 N–H and O–H groups in total. The van der Waals surface area contributed by atoms with Gasteiger partial charge in [-0.15, -0.1) is 0 Å². The summed E-state index contributed by atoms with van der Waals surface area (Å²) >= 11 is 0. The van der Waals surface area contributed by atoms with Crippen LogP contribution in [0.4, 0.5) is 0 Å². The number of ether oxygens (including phenoxy) is 8. The van der Waals surface area contributed by atoms with E-state index in [2.05, 4.69) is 6.92 Å². The maximum absolute atomic E-state index is 12.1. The van der Waals surface area contributed by atoms with Gasteiger partial charge in [-0.05, 0) is 162 Å². The van der Waals surface area contributed by atoms with Gasteiger partial charge in [0.25, 0.3) is 40.5 Å². The van der Waals surface area contributed by atoms with E-state index in [4.69, 9.17) is 54.6 Å². The molecule has 21 unspecified atom stereocenters. The van der Waals surface area contributed by atoms with E-state index in [1.807, 2.05) is 96.9 Å². The van der Waals surface area contributed by atoms with E-state index >= 15 is 0 Å². The molecule has 12 fully saturated rings. The van der Waals surface area contributed by atoms with Gasteiger partial charge >= 0.3 is 23.9 Å². The standard InChI is InChI=1S/3C16H26O6S.C15H24O6S/c1-5-15(2,3)14(17)21-7-6-20-13-12-10-8-16(13,4)9-11(10)23(18,19)22-12;1-5-15(2,3)14(17)21-7-6-20-13-10-8-11-12(9-10)23(18,19)22-16(11,13)4;1-5-16(3,4)15(17)21-7-6-20-12-10-8-11-13(12)22-23(18,19)14(11)9(10)2;1-4-15(2,3)14(16)20-6-5-19-12-9-7-10-11(8-9)22(17,18)21-13(10)12/h2*10-13H,5-9H2,1-4H3;9-14H,5-8H2,1-4H3;9-13H,4-8H2,1-3H3. The Morgan fingerprint density at radius 3 is 1.36 bits per heavy atom. The van der Waals surface area contributed by atoms with Crippen molar-refractivity contribution in [2.24, 2.45) is 74.4 Å². The van der Waals surface area contributed by atoms with Gasteiger partial charge in [-0.2, -0.15) is 33.7 Å². The first kappa shape index (κ1) is 72.6. The van der Waals surface area contributed by atoms with Crippen molar-refractivity contribution in [2.45, 2.75) is 244 Å². The molecule has 21 atom stereocenters. The van der Waals surface area contributed by atoms with Gasteiger partial charge < -0.3 is 37.9 Å². The number of esters is 4. The van der Waals surface area contributed by atoms with Gasteiger partial charge in [-0.25, -0.2) is 0 Å². The van der Waals surface area contributed by atoms with Gasteiger partial charge in [0.2, 0.25) is 0 Å². The van der Waals surface area contributed by atoms with Crippen LogP contribution in [-0.2, 0) is 114 Å². The molecule has 12 aliphatic rings. The van der Waals surface area contributed by atoms with Crippen LogP contribution in [0, 0.1) is 74.4 Å². The fourth-order valence-electron chi connectivity index (χ4n) is 16.4. The number of rotatable bonds is 24. The highest BCUT2D eigenvalue weighted by molar-refractivity contribution is 7.88. The average Bonchev–Trinajstić information content (AvgIpc) is 1.56. The second kappa shape index (κ2) is 26.3. The van der Waals surface area contributed by atoms with Crippen molar-refractivity contribution >= 4 is 64.3 Å². The highest BCUT2D eigenvalue weighted by atomic mass is 32.2. The minimum Gasteiger partial charge on any atom is -0.463 e. The average molecular weight is 1370 g/mol. The first-order valence-electron chi connectivity index (χ1n) is 33.0. The quantitative estimate of drug-likeness (QED) is 0.0407. The molecular weight excluding hydrogens is 1270 g/mol. The minimum atomic E-state index is -3.45. The summed E-state index contributed by atoms with van der Waals surface area (Å²) in [6.45, 7) is 30.3. The van der Waals surface area contributed by atoms with E-state index in [-0.39, 0.29) is 193 Å². The van der Waals surface area contributed by atoms with Crippen LogP contribution in [0.5, 0.6) is 0 Å². The van der Waals surface area contributed by atoms with Gasteiger partial charge in [0.15, 0.2) is 0 Å². The number of hydrogen-bond donors (Lipinski definition) is 0. The Morgan fingerprint density at radius 2 is 0.857 bits per heavy atom. The molecule has 8 bridgehead atoms. The molecule has 0 aromatic carbocycles. The molecule has 0 amide bonds. The highest BCUT2D eigenvalue weighted by Gasteiger charge is 2.72. The molecule has 8 saturated carbocycles. The van der Waals surface area contributed by atoms with Gasteiger partial charge in [0, 0.05) is 23.7 Å². The number of fused-ring (bicyclic) bond motifs is 4. The molecule has 8 aliphatic carbocycles. The highest BCUT2D eigenvalue weighted by Crippen LogP contribution is 2.64. The summed E-state index contributed by atoms with van der Waals surface area (Å²) in [6.07, 6.45) is 6.17. The lowest BCUT2D eigenvalue weighted by molar-refractivity contribution is -0.159. The smallest absolute Gasteiger partial charge is 0.311 e. The molecule has 24 nitrogen and oxygen atoms in total. The Bertz CT molecular complexity index is 3120. The summed E-state index contributed by atoms with van der Waals surface area (Å²) in [4.78, 5) is 47.6. The van der Waals surface area contributed by atoms with Crippen molar-refractivity contribution in [1.82, 2.24) is 0 Å². The van der Waals surface area contributed by atoms with Crippen molar-refractivity contribution in [1.29, 1.82) is 0 Å². The van der Waals surface area contributed by atoms with Crippen LogP contribution >= 0.6 is 0 Å². The van der Waals surface area contributed by atoms with Gasteiger partial charge in [0.1, 0.15) is 50.3 Å². The van der Waals surface area contributed by atoms with Crippen molar-refractivity contribution in [3.63, 3.8) is 0 Å². The maximum Gasteiger partial charge on any atom is 0.311 e. The van der Waals surface area contributed by atoms with Crippen molar-refractivity contribution in [2.75, 3.05) is 52.9 Å². The zero-order chi connectivity index (χ0) is 67.2. The molecule has 12 rings (SSSR count). The van der Waals surface area contributed by atoms with Crippen molar-refractivity contribution < 1.29 is 107 Å². The van der Waals surface area contributed by atoms with Gasteiger partial charge in [-0.3, -0.25) is 35.9 Å². The third-order valence-corrected chi connectivity index (χ3v) is 30.7. The Kier molecular flexibility index (Phi) is 21.0. The molecule has 522 valence electrons. The first-order chi connectivity index (χ1) is 42.2. The summed E-state index contributed by atoms with van der Waals surface area (Å²) in [6, 6.07) is 0. The molecule has 0 aromatic heterocycles. The van der Waals surface area contributed by atoms with Gasteiger partial charge in [-0.1, -0.05) is 41.5 Å². The molecule has 28 heteroatoms. The summed E-state index contributed by atoms with van der Waals surface area (Å²) in [7, 11) is -13.7. The van der Waals surface area contributed by atoms with Crippen LogP contribution in [0.3, 0.4) is 0 Å². The lowest BCUT2D eigenvalue weighted by atomic mass is 9.82. The molecule has 4 heterocycles. The predicted molar refractivity (Wildman–Crippen MR) is 328 cm³/mol.